The van der Waals surface area contributed by atoms with Gasteiger partial charge in [-0.3, -0.25) is 4.79 Å². The van der Waals surface area contributed by atoms with Crippen molar-refractivity contribution in [3.8, 4) is 0 Å². The molecule has 0 aromatic carbocycles. The van der Waals surface area contributed by atoms with Gasteiger partial charge in [0.2, 0.25) is 5.91 Å². The molecule has 17 heavy (non-hydrogen) atoms. The first-order chi connectivity index (χ1) is 8.18. The van der Waals surface area contributed by atoms with Crippen LogP contribution in [0.4, 0.5) is 0 Å². The van der Waals surface area contributed by atoms with Crippen molar-refractivity contribution in [1.29, 1.82) is 0 Å². The van der Waals surface area contributed by atoms with Gasteiger partial charge in [0.25, 0.3) is 0 Å². The molecular formula is C13H24N2O2. The molecule has 0 spiro atoms. The number of hydrogen-bond acceptors (Lipinski definition) is 3. The molecule has 0 aromatic rings. The third-order valence-corrected chi connectivity index (χ3v) is 4.09. The molecule has 0 aromatic heterocycles. The Balaban J connectivity index is 1.60. The van der Waals surface area contributed by atoms with E-state index in [0.717, 1.165) is 25.3 Å². The Morgan fingerprint density at radius 2 is 2.18 bits per heavy atom. The third kappa shape index (κ3) is 3.96. The molecule has 1 saturated heterocycles. The number of carbonyl (C=O) groups excluding carboxylic acids is 1. The van der Waals surface area contributed by atoms with Crippen LogP contribution in [-0.4, -0.2) is 36.2 Å². The van der Waals surface area contributed by atoms with Gasteiger partial charge in [-0.1, -0.05) is 25.7 Å². The fourth-order valence-corrected chi connectivity index (χ4v) is 2.87. The highest BCUT2D eigenvalue weighted by Gasteiger charge is 2.31. The molecule has 4 nitrogen and oxygen atoms in total. The van der Waals surface area contributed by atoms with Gasteiger partial charge in [-0.25, -0.2) is 0 Å². The van der Waals surface area contributed by atoms with Crippen LogP contribution in [0.1, 0.15) is 44.9 Å². The van der Waals surface area contributed by atoms with Crippen molar-refractivity contribution in [2.24, 2.45) is 5.92 Å². The lowest BCUT2D eigenvalue weighted by atomic mass is 10.0. The average molecular weight is 240 g/mol. The highest BCUT2D eigenvalue weighted by atomic mass is 16.3. The zero-order chi connectivity index (χ0) is 12.1. The van der Waals surface area contributed by atoms with Crippen LogP contribution in [0.3, 0.4) is 0 Å². The van der Waals surface area contributed by atoms with Gasteiger partial charge in [0.1, 0.15) is 0 Å². The Labute approximate surface area is 103 Å². The lowest BCUT2D eigenvalue weighted by Crippen LogP contribution is -2.44. The molecule has 4 heteroatoms. The summed E-state index contributed by atoms with van der Waals surface area (Å²) >= 11 is 0. The van der Waals surface area contributed by atoms with Crippen LogP contribution >= 0.6 is 0 Å². The van der Waals surface area contributed by atoms with Crippen molar-refractivity contribution in [1.82, 2.24) is 10.6 Å². The first-order valence-corrected chi connectivity index (χ1v) is 6.88. The summed E-state index contributed by atoms with van der Waals surface area (Å²) in [6, 6.07) is 0. The van der Waals surface area contributed by atoms with Gasteiger partial charge in [-0.15, -0.1) is 0 Å². The summed E-state index contributed by atoms with van der Waals surface area (Å²) in [5.41, 5.74) is -0.719. The highest BCUT2D eigenvalue weighted by molar-refractivity contribution is 5.75. The topological polar surface area (TPSA) is 61.4 Å². The fraction of sp³-hybridized carbons (Fsp3) is 0.923. The monoisotopic (exact) mass is 240 g/mol. The van der Waals surface area contributed by atoms with E-state index < -0.39 is 5.60 Å². The second-order valence-electron chi connectivity index (χ2n) is 5.62. The molecule has 1 aliphatic heterocycles. The molecule has 1 unspecified atom stereocenters. The predicted octanol–water partition coefficient (Wildman–Crippen LogP) is 0.797. The van der Waals surface area contributed by atoms with E-state index in [-0.39, 0.29) is 5.91 Å². The second-order valence-corrected chi connectivity index (χ2v) is 5.62. The molecule has 2 fully saturated rings. The molecule has 0 radical (unpaired) electrons. The molecule has 1 aliphatic carbocycles. The summed E-state index contributed by atoms with van der Waals surface area (Å²) in [4.78, 5) is 11.7. The van der Waals surface area contributed by atoms with E-state index in [0.29, 0.717) is 19.5 Å². The minimum absolute atomic E-state index is 0.0947. The second kappa shape index (κ2) is 5.83. The van der Waals surface area contributed by atoms with Gasteiger partial charge in [-0.05, 0) is 25.3 Å². The summed E-state index contributed by atoms with van der Waals surface area (Å²) in [5, 5.41) is 16.0. The van der Waals surface area contributed by atoms with E-state index in [1.165, 1.54) is 25.7 Å². The number of β-amino-alcohol motifs (C(OH)–C–C–N with tert-alkyl or cyclic N) is 1. The van der Waals surface area contributed by atoms with Crippen LogP contribution in [0.25, 0.3) is 0 Å². The Morgan fingerprint density at radius 3 is 2.82 bits per heavy atom. The third-order valence-electron chi connectivity index (χ3n) is 4.09. The zero-order valence-electron chi connectivity index (χ0n) is 10.5. The summed E-state index contributed by atoms with van der Waals surface area (Å²) in [6.45, 7) is 1.83. The number of hydrogen-bond donors (Lipinski definition) is 3. The molecule has 1 amide bonds. The summed E-state index contributed by atoms with van der Waals surface area (Å²) in [5.74, 6) is 0.856. The van der Waals surface area contributed by atoms with Crippen LogP contribution < -0.4 is 10.6 Å². The van der Waals surface area contributed by atoms with Crippen LogP contribution in [0.15, 0.2) is 0 Å². The van der Waals surface area contributed by atoms with E-state index in [1.807, 2.05) is 0 Å². The van der Waals surface area contributed by atoms with Crippen molar-refractivity contribution in [3.63, 3.8) is 0 Å². The number of carbonyl (C=O) groups is 1. The van der Waals surface area contributed by atoms with Gasteiger partial charge in [0, 0.05) is 19.5 Å². The molecule has 98 valence electrons. The van der Waals surface area contributed by atoms with Gasteiger partial charge in [-0.2, -0.15) is 0 Å². The predicted molar refractivity (Wildman–Crippen MR) is 66.6 cm³/mol. The van der Waals surface area contributed by atoms with Crippen molar-refractivity contribution in [2.45, 2.75) is 50.5 Å². The van der Waals surface area contributed by atoms with Crippen LogP contribution in [0.2, 0.25) is 0 Å². The summed E-state index contributed by atoms with van der Waals surface area (Å²) in [7, 11) is 0. The van der Waals surface area contributed by atoms with Crippen molar-refractivity contribution < 1.29 is 9.90 Å². The zero-order valence-corrected chi connectivity index (χ0v) is 10.5. The lowest BCUT2D eigenvalue weighted by Gasteiger charge is -2.21. The van der Waals surface area contributed by atoms with Crippen molar-refractivity contribution in [2.75, 3.05) is 19.6 Å². The summed E-state index contributed by atoms with van der Waals surface area (Å²) < 4.78 is 0. The van der Waals surface area contributed by atoms with Gasteiger partial charge in [0.15, 0.2) is 0 Å². The minimum Gasteiger partial charge on any atom is -0.387 e. The number of amides is 1. The minimum atomic E-state index is -0.719. The summed E-state index contributed by atoms with van der Waals surface area (Å²) in [6.07, 6.45) is 7.62. The quantitative estimate of drug-likeness (QED) is 0.666. The standard InChI is InChI=1S/C13H24N2O2/c16-12(6-5-11-3-1-2-4-11)15-10-13(17)7-8-14-9-13/h11,14,17H,1-10H2,(H,15,16). The van der Waals surface area contributed by atoms with Crippen LogP contribution in [0.5, 0.6) is 0 Å². The van der Waals surface area contributed by atoms with Crippen LogP contribution in [0, 0.1) is 5.92 Å². The normalized spacial score (nSPS) is 29.7. The lowest BCUT2D eigenvalue weighted by molar-refractivity contribution is -0.122. The maximum Gasteiger partial charge on any atom is 0.220 e. The van der Waals surface area contributed by atoms with E-state index in [9.17, 15) is 9.90 Å². The van der Waals surface area contributed by atoms with E-state index in [4.69, 9.17) is 0 Å². The maximum atomic E-state index is 11.7. The average Bonchev–Trinajstić information content (AvgIpc) is 2.95. The van der Waals surface area contributed by atoms with E-state index in [2.05, 4.69) is 10.6 Å². The number of aliphatic hydroxyl groups is 1. The first-order valence-electron chi connectivity index (χ1n) is 6.88. The molecule has 1 heterocycles. The van der Waals surface area contributed by atoms with Gasteiger partial charge >= 0.3 is 0 Å². The molecule has 1 atom stereocenters. The Kier molecular flexibility index (Phi) is 4.40. The van der Waals surface area contributed by atoms with Crippen molar-refractivity contribution in [3.05, 3.63) is 0 Å². The van der Waals surface area contributed by atoms with Crippen molar-refractivity contribution >= 4 is 5.91 Å². The molecular weight excluding hydrogens is 216 g/mol. The van der Waals surface area contributed by atoms with Crippen LogP contribution in [-0.2, 0) is 4.79 Å². The molecule has 2 rings (SSSR count). The van der Waals surface area contributed by atoms with Gasteiger partial charge < -0.3 is 15.7 Å². The first kappa shape index (κ1) is 12.8. The fourth-order valence-electron chi connectivity index (χ4n) is 2.87. The van der Waals surface area contributed by atoms with Gasteiger partial charge in [0.05, 0.1) is 5.60 Å². The molecule has 1 saturated carbocycles. The smallest absolute Gasteiger partial charge is 0.220 e. The molecule has 0 bridgehead atoms. The van der Waals surface area contributed by atoms with E-state index >= 15 is 0 Å². The largest absolute Gasteiger partial charge is 0.387 e. The number of nitrogens with one attached hydrogen (secondary N) is 2. The Hall–Kier alpha value is -0.610. The number of rotatable bonds is 5. The Morgan fingerprint density at radius 1 is 1.41 bits per heavy atom. The molecule has 3 N–H and O–H groups in total. The SMILES string of the molecule is O=C(CCC1CCCC1)NCC1(O)CCNC1. The molecule has 2 aliphatic rings. The maximum absolute atomic E-state index is 11.7. The highest BCUT2D eigenvalue weighted by Crippen LogP contribution is 2.28. The van der Waals surface area contributed by atoms with E-state index in [1.54, 1.807) is 0 Å². The Bertz CT molecular complexity index is 256.